The molecule has 0 saturated heterocycles. The van der Waals surface area contributed by atoms with Crippen molar-refractivity contribution in [2.75, 3.05) is 0 Å². The second kappa shape index (κ2) is 2.77. The predicted octanol–water partition coefficient (Wildman–Crippen LogP) is 0.493. The average molecular weight is 181 g/mol. The third kappa shape index (κ3) is 1.70. The van der Waals surface area contributed by atoms with E-state index in [0.717, 1.165) is 12.4 Å². The lowest BCUT2D eigenvalue weighted by Gasteiger charge is -2.10. The van der Waals surface area contributed by atoms with Crippen LogP contribution in [0.1, 0.15) is 38.6 Å². The van der Waals surface area contributed by atoms with Gasteiger partial charge in [0.25, 0.3) is 0 Å². The Labute approximate surface area is 77.3 Å². The van der Waals surface area contributed by atoms with Gasteiger partial charge in [-0.2, -0.15) is 0 Å². The summed E-state index contributed by atoms with van der Waals surface area (Å²) in [5.74, 6) is 0.785. The summed E-state index contributed by atoms with van der Waals surface area (Å²) < 4.78 is 1.83. The van der Waals surface area contributed by atoms with Crippen LogP contribution in [0.3, 0.4) is 0 Å². The summed E-state index contributed by atoms with van der Waals surface area (Å²) in [7, 11) is 0. The smallest absolute Gasteiger partial charge is 0.167 e. The van der Waals surface area contributed by atoms with Gasteiger partial charge in [0.05, 0.1) is 12.6 Å². The third-order valence-electron chi connectivity index (χ3n) is 2.60. The number of hydrogen-bond acceptors (Lipinski definition) is 4. The van der Waals surface area contributed by atoms with Crippen molar-refractivity contribution in [3.05, 3.63) is 5.82 Å². The molecule has 0 bridgehead atoms. The fourth-order valence-electron chi connectivity index (χ4n) is 1.38. The van der Waals surface area contributed by atoms with Crippen LogP contribution in [-0.4, -0.2) is 20.2 Å². The van der Waals surface area contributed by atoms with Gasteiger partial charge < -0.3 is 5.73 Å². The minimum atomic E-state index is -0.0858. The van der Waals surface area contributed by atoms with Crippen molar-refractivity contribution in [1.82, 2.24) is 20.2 Å². The second-order valence-corrected chi connectivity index (χ2v) is 4.29. The van der Waals surface area contributed by atoms with Gasteiger partial charge in [-0.1, -0.05) is 6.92 Å². The fourth-order valence-corrected chi connectivity index (χ4v) is 1.38. The minimum Gasteiger partial charge on any atom is -0.322 e. The average Bonchev–Trinajstić information content (AvgIpc) is 2.63. The molecule has 1 aliphatic carbocycles. The number of nitrogens with zero attached hydrogens (tertiary/aromatic N) is 4. The van der Waals surface area contributed by atoms with E-state index in [0.29, 0.717) is 5.41 Å². The Kier molecular flexibility index (Phi) is 1.83. The normalized spacial score (nSPS) is 21.5. The molecule has 2 N–H and O–H groups in total. The van der Waals surface area contributed by atoms with E-state index in [2.05, 4.69) is 22.4 Å². The maximum atomic E-state index is 5.73. The van der Waals surface area contributed by atoms with E-state index >= 15 is 0 Å². The molecule has 1 aliphatic rings. The van der Waals surface area contributed by atoms with Gasteiger partial charge in [0.15, 0.2) is 5.82 Å². The lowest BCUT2D eigenvalue weighted by Crippen LogP contribution is -2.18. The van der Waals surface area contributed by atoms with E-state index in [1.54, 1.807) is 0 Å². The van der Waals surface area contributed by atoms with Gasteiger partial charge in [-0.05, 0) is 35.6 Å². The summed E-state index contributed by atoms with van der Waals surface area (Å²) in [6.45, 7) is 5.05. The summed E-state index contributed by atoms with van der Waals surface area (Å²) in [5.41, 5.74) is 6.15. The molecule has 1 saturated carbocycles. The molecule has 5 nitrogen and oxygen atoms in total. The van der Waals surface area contributed by atoms with Crippen molar-refractivity contribution in [2.24, 2.45) is 11.1 Å². The first-order valence-electron chi connectivity index (χ1n) is 4.62. The van der Waals surface area contributed by atoms with Crippen LogP contribution in [0.25, 0.3) is 0 Å². The molecule has 1 heterocycles. The van der Waals surface area contributed by atoms with E-state index in [1.807, 2.05) is 11.6 Å². The first-order chi connectivity index (χ1) is 6.11. The predicted molar refractivity (Wildman–Crippen MR) is 47.8 cm³/mol. The van der Waals surface area contributed by atoms with Crippen LogP contribution >= 0.6 is 0 Å². The summed E-state index contributed by atoms with van der Waals surface area (Å²) in [4.78, 5) is 0. The van der Waals surface area contributed by atoms with Crippen molar-refractivity contribution in [3.63, 3.8) is 0 Å². The molecular formula is C8H15N5. The van der Waals surface area contributed by atoms with Crippen LogP contribution in [0, 0.1) is 5.41 Å². The molecule has 72 valence electrons. The van der Waals surface area contributed by atoms with Crippen LogP contribution < -0.4 is 5.73 Å². The molecule has 2 rings (SSSR count). The van der Waals surface area contributed by atoms with E-state index in [4.69, 9.17) is 5.73 Å². The monoisotopic (exact) mass is 181 g/mol. The lowest BCUT2D eigenvalue weighted by atomic mass is 10.1. The second-order valence-electron chi connectivity index (χ2n) is 4.29. The Morgan fingerprint density at radius 2 is 2.31 bits per heavy atom. The standard InChI is InChI=1S/C8H15N5/c1-6(9)7-10-11-12-13(7)5-8(2)3-4-8/h6H,3-5,9H2,1-2H3. The largest absolute Gasteiger partial charge is 0.322 e. The molecule has 0 radical (unpaired) electrons. The number of nitrogens with two attached hydrogens (primary N) is 1. The Morgan fingerprint density at radius 1 is 1.62 bits per heavy atom. The summed E-state index contributed by atoms with van der Waals surface area (Å²) in [5, 5.41) is 11.5. The van der Waals surface area contributed by atoms with Crippen LogP contribution in [-0.2, 0) is 6.54 Å². The highest BCUT2D eigenvalue weighted by atomic mass is 15.5. The Bertz CT molecular complexity index is 299. The molecular weight excluding hydrogens is 166 g/mol. The van der Waals surface area contributed by atoms with Gasteiger partial charge >= 0.3 is 0 Å². The van der Waals surface area contributed by atoms with E-state index in [1.165, 1.54) is 12.8 Å². The molecule has 13 heavy (non-hydrogen) atoms. The quantitative estimate of drug-likeness (QED) is 0.737. The lowest BCUT2D eigenvalue weighted by molar-refractivity contribution is 0.407. The first kappa shape index (κ1) is 8.62. The molecule has 5 heteroatoms. The molecule has 0 spiro atoms. The van der Waals surface area contributed by atoms with Crippen molar-refractivity contribution in [3.8, 4) is 0 Å². The number of tetrazole rings is 1. The molecule has 1 unspecified atom stereocenters. The maximum Gasteiger partial charge on any atom is 0.167 e. The highest BCUT2D eigenvalue weighted by molar-refractivity contribution is 4.93. The highest BCUT2D eigenvalue weighted by Gasteiger charge is 2.38. The zero-order valence-corrected chi connectivity index (χ0v) is 8.06. The van der Waals surface area contributed by atoms with E-state index < -0.39 is 0 Å². The Morgan fingerprint density at radius 3 is 2.85 bits per heavy atom. The van der Waals surface area contributed by atoms with Crippen LogP contribution in [0.15, 0.2) is 0 Å². The zero-order chi connectivity index (χ0) is 9.47. The first-order valence-corrected chi connectivity index (χ1v) is 4.62. The van der Waals surface area contributed by atoms with Crippen LogP contribution in [0.4, 0.5) is 0 Å². The van der Waals surface area contributed by atoms with E-state index in [-0.39, 0.29) is 6.04 Å². The minimum absolute atomic E-state index is 0.0858. The van der Waals surface area contributed by atoms with Gasteiger partial charge in [0.1, 0.15) is 0 Å². The summed E-state index contributed by atoms with van der Waals surface area (Å²) in [6, 6.07) is -0.0858. The highest BCUT2D eigenvalue weighted by Crippen LogP contribution is 2.46. The van der Waals surface area contributed by atoms with Crippen molar-refractivity contribution in [1.29, 1.82) is 0 Å². The van der Waals surface area contributed by atoms with Gasteiger partial charge in [0, 0.05) is 0 Å². The number of hydrogen-bond donors (Lipinski definition) is 1. The maximum absolute atomic E-state index is 5.73. The molecule has 0 aliphatic heterocycles. The van der Waals surface area contributed by atoms with Gasteiger partial charge in [-0.15, -0.1) is 5.10 Å². The van der Waals surface area contributed by atoms with Crippen molar-refractivity contribution >= 4 is 0 Å². The summed E-state index contributed by atoms with van der Waals surface area (Å²) >= 11 is 0. The Balaban J connectivity index is 2.15. The zero-order valence-electron chi connectivity index (χ0n) is 8.06. The summed E-state index contributed by atoms with van der Waals surface area (Å²) in [6.07, 6.45) is 2.54. The third-order valence-corrected chi connectivity index (χ3v) is 2.60. The Hall–Kier alpha value is -0.970. The van der Waals surface area contributed by atoms with E-state index in [9.17, 15) is 0 Å². The van der Waals surface area contributed by atoms with Crippen molar-refractivity contribution in [2.45, 2.75) is 39.3 Å². The number of rotatable bonds is 3. The molecule has 0 aromatic carbocycles. The van der Waals surface area contributed by atoms with Crippen LogP contribution in [0.5, 0.6) is 0 Å². The molecule has 1 atom stereocenters. The molecule has 0 amide bonds. The SMILES string of the molecule is CC(N)c1nnnn1CC1(C)CC1. The topological polar surface area (TPSA) is 69.6 Å². The van der Waals surface area contributed by atoms with Crippen LogP contribution in [0.2, 0.25) is 0 Å². The molecule has 1 aromatic heterocycles. The van der Waals surface area contributed by atoms with Gasteiger partial charge in [0.2, 0.25) is 0 Å². The van der Waals surface area contributed by atoms with Gasteiger partial charge in [-0.3, -0.25) is 0 Å². The van der Waals surface area contributed by atoms with Gasteiger partial charge in [-0.25, -0.2) is 4.68 Å². The fraction of sp³-hybridized carbons (Fsp3) is 0.875. The molecule has 1 fully saturated rings. The van der Waals surface area contributed by atoms with Crippen molar-refractivity contribution < 1.29 is 0 Å². The molecule has 1 aromatic rings. The number of aromatic nitrogens is 4.